The first-order valence-corrected chi connectivity index (χ1v) is 28.9. The van der Waals surface area contributed by atoms with Gasteiger partial charge in [-0.25, -0.2) is 0 Å². The molecule has 2 unspecified atom stereocenters. The summed E-state index contributed by atoms with van der Waals surface area (Å²) in [4.78, 5) is 0. The average Bonchev–Trinajstić information content (AvgIpc) is 3.64. The summed E-state index contributed by atoms with van der Waals surface area (Å²) >= 11 is 0. The van der Waals surface area contributed by atoms with Crippen molar-refractivity contribution >= 4 is 5.57 Å². The number of fused-ring (bicyclic) bond motifs is 1. The van der Waals surface area contributed by atoms with Crippen LogP contribution in [0.25, 0.3) is 5.57 Å². The Morgan fingerprint density at radius 2 is 1.33 bits per heavy atom. The molecule has 4 atom stereocenters. The van der Waals surface area contributed by atoms with Gasteiger partial charge in [-0.05, 0) is 213 Å². The van der Waals surface area contributed by atoms with E-state index in [1.54, 1.807) is 33.4 Å². The number of rotatable bonds is 14. The molecule has 388 valence electrons. The normalized spacial score (nSPS) is 30.7. The molecule has 7 aliphatic carbocycles. The van der Waals surface area contributed by atoms with Gasteiger partial charge in [0.2, 0.25) is 0 Å². The molecule has 0 amide bonds. The van der Waals surface area contributed by atoms with Gasteiger partial charge in [0.1, 0.15) is 0 Å². The van der Waals surface area contributed by atoms with Crippen LogP contribution in [-0.4, -0.2) is 11.0 Å². The zero-order chi connectivity index (χ0) is 47.3. The average molecular weight is 954 g/mol. The fourth-order valence-corrected chi connectivity index (χ4v) is 15.4. The van der Waals surface area contributed by atoms with Crippen molar-refractivity contribution in [3.05, 3.63) is 124 Å². The maximum absolute atomic E-state index is 4.63. The van der Waals surface area contributed by atoms with Crippen LogP contribution in [0.4, 0.5) is 0 Å². The van der Waals surface area contributed by atoms with Crippen molar-refractivity contribution in [2.75, 3.05) is 0 Å². The van der Waals surface area contributed by atoms with E-state index in [1.165, 1.54) is 176 Å². The first-order valence-electron chi connectivity index (χ1n) is 28.9. The molecule has 5 fully saturated rings. The highest BCUT2D eigenvalue weighted by Gasteiger charge is 2.39. The van der Waals surface area contributed by atoms with Gasteiger partial charge in [0, 0.05) is 0 Å². The summed E-state index contributed by atoms with van der Waals surface area (Å²) in [5.41, 5.74) is 15.7. The van der Waals surface area contributed by atoms with Crippen LogP contribution in [0.15, 0.2) is 96.6 Å². The lowest BCUT2D eigenvalue weighted by Crippen LogP contribution is -2.30. The molecule has 0 aromatic heterocycles. The van der Waals surface area contributed by atoms with Gasteiger partial charge in [0.25, 0.3) is 0 Å². The van der Waals surface area contributed by atoms with Crippen LogP contribution >= 0.6 is 0 Å². The third kappa shape index (κ3) is 14.0. The minimum Gasteiger partial charge on any atom is -0.255 e. The summed E-state index contributed by atoms with van der Waals surface area (Å²) in [5, 5.41) is 0. The van der Waals surface area contributed by atoms with Crippen LogP contribution in [0, 0.1) is 58.2 Å². The van der Waals surface area contributed by atoms with Crippen LogP contribution in [0.3, 0.4) is 0 Å². The molecule has 9 rings (SSSR count). The lowest BCUT2D eigenvalue weighted by Gasteiger charge is -2.42. The second kappa shape index (κ2) is 25.8. The van der Waals surface area contributed by atoms with E-state index in [2.05, 4.69) is 109 Å². The second-order valence-corrected chi connectivity index (χ2v) is 25.6. The lowest BCUT2D eigenvalue weighted by atomic mass is 9.62. The largest absolute Gasteiger partial charge is 0.255 e. The van der Waals surface area contributed by atoms with E-state index in [0.29, 0.717) is 17.8 Å². The molecule has 2 nitrogen and oxygen atoms in total. The molecule has 2 N–H and O–H groups in total. The molecule has 0 saturated heterocycles. The highest BCUT2D eigenvalue weighted by atomic mass is 16.0. The van der Waals surface area contributed by atoms with Crippen LogP contribution in [-0.2, 0) is 12.8 Å². The molecular weight excluding hydrogens is 849 g/mol. The number of hydrogen-bond acceptors (Lipinski definition) is 0. The Morgan fingerprint density at radius 3 is 1.93 bits per heavy atom. The minimum atomic E-state index is 0. The van der Waals surface area contributed by atoms with Crippen molar-refractivity contribution in [1.82, 2.24) is 0 Å². The van der Waals surface area contributed by atoms with Gasteiger partial charge < -0.3 is 0 Å². The van der Waals surface area contributed by atoms with Gasteiger partial charge >= 0.3 is 0 Å². The van der Waals surface area contributed by atoms with E-state index in [1.807, 2.05) is 13.8 Å². The summed E-state index contributed by atoms with van der Waals surface area (Å²) in [5.74, 6) is 8.37. The molecule has 2 aromatic carbocycles. The van der Waals surface area contributed by atoms with E-state index >= 15 is 0 Å². The fourth-order valence-electron chi connectivity index (χ4n) is 15.4. The van der Waals surface area contributed by atoms with E-state index in [-0.39, 0.29) is 29.2 Å². The maximum Gasteiger partial charge on any atom is -0.00554 e. The molecule has 2 heteroatoms. The van der Waals surface area contributed by atoms with Crippen molar-refractivity contribution in [1.29, 1.82) is 0 Å². The number of hydrogen-bond donors (Lipinski definition) is 2. The fraction of sp³-hybridized carbons (Fsp3) is 0.676. The zero-order valence-corrected chi connectivity index (χ0v) is 45.4. The summed E-state index contributed by atoms with van der Waals surface area (Å²) < 4.78 is 0. The van der Waals surface area contributed by atoms with Crippen LogP contribution in [0.1, 0.15) is 250 Å². The first kappa shape index (κ1) is 58.0. The standard InChI is InChI=1S/C65H92.C2H6.CH4.2HO/c1-44-15-31-60(45(2)37-44)62-43-59-42-58(30-32-61(59)47(62)4)56-28-26-53(27-29-56)38-51-22-18-48(19-23-51)16-17-49-20-24-52(25-21-49)39-54-34-36-65(8,63(41-54)64(5,6)7)35-33-50-11-9-14-57(40-50)46(3)55-12-10-13-55;1-2;;;/h9,11,14,30,32,34,40-42,46,48-49,51-53,55-56,60,62H,1-2,4,10,12-13,15-29,31,33,35-39,43H2,3,5-8H3;1-2H3;1H4;2*1H/t46-,48?,49?,51?,52?,53?,56?,60+,62?,65?;;;;/m1..../s1. The molecule has 0 heterocycles. The Labute approximate surface area is 431 Å². The Bertz CT molecular complexity index is 2060. The van der Waals surface area contributed by atoms with E-state index in [4.69, 9.17) is 0 Å². The molecule has 5 saturated carbocycles. The number of benzene rings is 2. The van der Waals surface area contributed by atoms with Gasteiger partial charge in [-0.1, -0.05) is 210 Å². The van der Waals surface area contributed by atoms with Gasteiger partial charge in [-0.3, -0.25) is 11.0 Å². The summed E-state index contributed by atoms with van der Waals surface area (Å²) in [6, 6.07) is 17.2. The lowest BCUT2D eigenvalue weighted by molar-refractivity contribution is 0.187. The summed E-state index contributed by atoms with van der Waals surface area (Å²) in [7, 11) is 0. The molecule has 70 heavy (non-hydrogen) atoms. The van der Waals surface area contributed by atoms with E-state index in [0.717, 1.165) is 54.3 Å². The van der Waals surface area contributed by atoms with Crippen molar-refractivity contribution in [2.45, 2.75) is 235 Å². The second-order valence-electron chi connectivity index (χ2n) is 25.6. The van der Waals surface area contributed by atoms with Crippen molar-refractivity contribution in [2.24, 2.45) is 58.2 Å². The van der Waals surface area contributed by atoms with Crippen LogP contribution in [0.2, 0.25) is 0 Å². The number of aryl methyl sites for hydroxylation is 1. The van der Waals surface area contributed by atoms with Crippen molar-refractivity contribution < 1.29 is 11.0 Å². The van der Waals surface area contributed by atoms with Gasteiger partial charge in [-0.2, -0.15) is 0 Å². The highest BCUT2D eigenvalue weighted by molar-refractivity contribution is 5.74. The molecule has 2 radical (unpaired) electrons. The predicted molar refractivity (Wildman–Crippen MR) is 303 cm³/mol. The topological polar surface area (TPSA) is 60.0 Å². The highest BCUT2D eigenvalue weighted by Crippen LogP contribution is 2.52. The Kier molecular flexibility index (Phi) is 21.4. The Morgan fingerprint density at radius 1 is 0.714 bits per heavy atom. The van der Waals surface area contributed by atoms with Crippen LogP contribution in [0.5, 0.6) is 0 Å². The Balaban J connectivity index is 0.00000180. The van der Waals surface area contributed by atoms with Gasteiger partial charge in [0.15, 0.2) is 0 Å². The molecule has 0 aliphatic heterocycles. The SMILES string of the molecule is C.C=C1CC[C@H](C2Cc3cc(C4CCC(CC5CCC(CCC6CCC(CC7=CCC(C)(CCc8cccc([C@H](C)C9CCC9)c8)C(C(C)(C)C)=C7)CC6)CC5)CC4)ccc3C2=C)C(=C)C1.CC.[OH].[OH]. The maximum atomic E-state index is 4.63. The number of allylic oxidation sites excluding steroid dienone is 7. The predicted octanol–water partition coefficient (Wildman–Crippen LogP) is 20.4. The summed E-state index contributed by atoms with van der Waals surface area (Å²) in [6.45, 7) is 29.8. The van der Waals surface area contributed by atoms with E-state index in [9.17, 15) is 0 Å². The summed E-state index contributed by atoms with van der Waals surface area (Å²) in [6.07, 6.45) is 41.4. The molecular formula is C68H104O2. The first-order chi connectivity index (χ1) is 32.3. The Hall–Kier alpha value is -2.94. The molecule has 7 aliphatic rings. The van der Waals surface area contributed by atoms with Gasteiger partial charge in [0.05, 0.1) is 0 Å². The van der Waals surface area contributed by atoms with Gasteiger partial charge in [-0.15, -0.1) is 0 Å². The molecule has 0 bridgehead atoms. The third-order valence-corrected chi connectivity index (χ3v) is 20.0. The molecule has 0 spiro atoms. The minimum absolute atomic E-state index is 0. The van der Waals surface area contributed by atoms with Crippen molar-refractivity contribution in [3.8, 4) is 0 Å². The van der Waals surface area contributed by atoms with E-state index < -0.39 is 0 Å². The zero-order valence-electron chi connectivity index (χ0n) is 45.4. The van der Waals surface area contributed by atoms with Crippen molar-refractivity contribution in [3.63, 3.8) is 0 Å². The third-order valence-electron chi connectivity index (χ3n) is 20.0. The smallest absolute Gasteiger partial charge is 0.00554 e. The quantitative estimate of drug-likeness (QED) is 0.177. The van der Waals surface area contributed by atoms with Crippen LogP contribution < -0.4 is 0 Å². The molecule has 2 aromatic rings. The monoisotopic (exact) mass is 953 g/mol.